The fourth-order valence-electron chi connectivity index (χ4n) is 1.54. The number of carbonyl (C=O) groups is 1. The average Bonchev–Trinajstić information content (AvgIpc) is 2.44. The second kappa shape index (κ2) is 7.05. The molecule has 0 aliphatic rings. The lowest BCUT2D eigenvalue weighted by Gasteiger charge is -2.27. The van der Waals surface area contributed by atoms with Gasteiger partial charge < -0.3 is 5.32 Å². The van der Waals surface area contributed by atoms with E-state index in [2.05, 4.69) is 5.32 Å². The minimum atomic E-state index is -4.41. The monoisotopic (exact) mass is 330 g/mol. The Balaban J connectivity index is 2.68. The molecule has 0 aromatic heterocycles. The van der Waals surface area contributed by atoms with Gasteiger partial charge in [0.05, 0.1) is 17.4 Å². The molecular weight excluding hydrogens is 313 g/mol. The van der Waals surface area contributed by atoms with Crippen molar-refractivity contribution >= 4 is 17.7 Å². The SMILES string of the molecule is CC(C)[C@](C)(C#N)NC(=O)CSc1cccc(C(F)(F)F)c1. The largest absolute Gasteiger partial charge is 0.416 e. The number of nitrogens with one attached hydrogen (secondary N) is 1. The quantitative estimate of drug-likeness (QED) is 0.834. The van der Waals surface area contributed by atoms with E-state index in [9.17, 15) is 18.0 Å². The number of benzene rings is 1. The van der Waals surface area contributed by atoms with E-state index in [-0.39, 0.29) is 17.6 Å². The normalized spacial score (nSPS) is 14.3. The Hall–Kier alpha value is -1.68. The zero-order valence-electron chi connectivity index (χ0n) is 12.5. The summed E-state index contributed by atoms with van der Waals surface area (Å²) >= 11 is 1.00. The van der Waals surface area contributed by atoms with Gasteiger partial charge >= 0.3 is 6.18 Å². The molecule has 1 atom stereocenters. The van der Waals surface area contributed by atoms with Gasteiger partial charge in [-0.15, -0.1) is 11.8 Å². The van der Waals surface area contributed by atoms with Crippen molar-refractivity contribution in [2.24, 2.45) is 5.92 Å². The average molecular weight is 330 g/mol. The molecule has 1 N–H and O–H groups in total. The van der Waals surface area contributed by atoms with Crippen molar-refractivity contribution in [1.29, 1.82) is 5.26 Å². The van der Waals surface area contributed by atoms with Crippen LogP contribution >= 0.6 is 11.8 Å². The Morgan fingerprint density at radius 3 is 2.55 bits per heavy atom. The lowest BCUT2D eigenvalue weighted by Crippen LogP contribution is -2.49. The summed E-state index contributed by atoms with van der Waals surface area (Å²) in [4.78, 5) is 12.2. The van der Waals surface area contributed by atoms with Crippen molar-refractivity contribution in [3.8, 4) is 6.07 Å². The maximum Gasteiger partial charge on any atom is 0.416 e. The van der Waals surface area contributed by atoms with Crippen molar-refractivity contribution in [3.05, 3.63) is 29.8 Å². The molecule has 0 bridgehead atoms. The number of hydrogen-bond acceptors (Lipinski definition) is 3. The van der Waals surface area contributed by atoms with Crippen molar-refractivity contribution in [2.45, 2.75) is 37.4 Å². The first-order valence-corrected chi connectivity index (χ1v) is 7.59. The number of nitriles is 1. The van der Waals surface area contributed by atoms with E-state index in [0.29, 0.717) is 4.90 Å². The first-order chi connectivity index (χ1) is 10.1. The molecule has 0 saturated heterocycles. The topological polar surface area (TPSA) is 52.9 Å². The summed E-state index contributed by atoms with van der Waals surface area (Å²) in [5.74, 6) is -0.522. The Labute approximate surface area is 131 Å². The number of thioether (sulfide) groups is 1. The van der Waals surface area contributed by atoms with Crippen LogP contribution in [0.25, 0.3) is 0 Å². The van der Waals surface area contributed by atoms with Crippen molar-refractivity contribution in [1.82, 2.24) is 5.32 Å². The summed E-state index contributed by atoms with van der Waals surface area (Å²) in [5, 5.41) is 11.7. The molecule has 0 unspecified atom stereocenters. The first kappa shape index (κ1) is 18.4. The fraction of sp³-hybridized carbons (Fsp3) is 0.467. The van der Waals surface area contributed by atoms with E-state index in [4.69, 9.17) is 5.26 Å². The van der Waals surface area contributed by atoms with Crippen molar-refractivity contribution < 1.29 is 18.0 Å². The zero-order chi connectivity index (χ0) is 17.0. The van der Waals surface area contributed by atoms with E-state index < -0.39 is 17.3 Å². The molecule has 3 nitrogen and oxygen atoms in total. The van der Waals surface area contributed by atoms with E-state index in [0.717, 1.165) is 23.9 Å². The highest BCUT2D eigenvalue weighted by Gasteiger charge is 2.31. The van der Waals surface area contributed by atoms with Crippen LogP contribution in [0.15, 0.2) is 29.2 Å². The minimum absolute atomic E-state index is 0.0503. The van der Waals surface area contributed by atoms with Gasteiger partial charge in [0.2, 0.25) is 5.91 Å². The molecule has 120 valence electrons. The van der Waals surface area contributed by atoms with E-state index in [1.807, 2.05) is 19.9 Å². The van der Waals surface area contributed by atoms with Crippen LogP contribution in [-0.4, -0.2) is 17.2 Å². The van der Waals surface area contributed by atoms with Crippen LogP contribution in [0.4, 0.5) is 13.2 Å². The fourth-order valence-corrected chi connectivity index (χ4v) is 2.29. The number of carbonyl (C=O) groups excluding carboxylic acids is 1. The highest BCUT2D eigenvalue weighted by molar-refractivity contribution is 8.00. The third-order valence-electron chi connectivity index (χ3n) is 3.32. The lowest BCUT2D eigenvalue weighted by molar-refractivity contribution is -0.137. The molecule has 0 heterocycles. The molecule has 0 fully saturated rings. The smallest absolute Gasteiger partial charge is 0.337 e. The van der Waals surface area contributed by atoms with E-state index in [1.165, 1.54) is 12.1 Å². The van der Waals surface area contributed by atoms with Gasteiger partial charge in [-0.3, -0.25) is 4.79 Å². The molecule has 0 radical (unpaired) electrons. The highest BCUT2D eigenvalue weighted by Crippen LogP contribution is 2.31. The van der Waals surface area contributed by atoms with Gasteiger partial charge in [-0.1, -0.05) is 19.9 Å². The van der Waals surface area contributed by atoms with Gasteiger partial charge in [0.15, 0.2) is 0 Å². The summed E-state index contributed by atoms with van der Waals surface area (Å²) in [6, 6.07) is 6.85. The molecule has 0 aliphatic carbocycles. The van der Waals surface area contributed by atoms with Crippen LogP contribution < -0.4 is 5.32 Å². The van der Waals surface area contributed by atoms with Crippen LogP contribution in [-0.2, 0) is 11.0 Å². The molecule has 0 spiro atoms. The van der Waals surface area contributed by atoms with Gasteiger partial charge in [0.25, 0.3) is 0 Å². The number of nitrogens with zero attached hydrogens (tertiary/aromatic N) is 1. The predicted molar refractivity (Wildman–Crippen MR) is 79.2 cm³/mol. The van der Waals surface area contributed by atoms with Crippen LogP contribution in [0.5, 0.6) is 0 Å². The number of halogens is 3. The Kier molecular flexibility index (Phi) is 5.89. The highest BCUT2D eigenvalue weighted by atomic mass is 32.2. The van der Waals surface area contributed by atoms with Crippen molar-refractivity contribution in [2.75, 3.05) is 5.75 Å². The van der Waals surface area contributed by atoms with E-state index >= 15 is 0 Å². The van der Waals surface area contributed by atoms with Crippen molar-refractivity contribution in [3.63, 3.8) is 0 Å². The summed E-state index contributed by atoms with van der Waals surface area (Å²) in [6.07, 6.45) is -4.41. The summed E-state index contributed by atoms with van der Waals surface area (Å²) in [5.41, 5.74) is -1.74. The van der Waals surface area contributed by atoms with Gasteiger partial charge in [0, 0.05) is 4.90 Å². The van der Waals surface area contributed by atoms with Gasteiger partial charge in [-0.05, 0) is 31.0 Å². The number of hydrogen-bond donors (Lipinski definition) is 1. The standard InChI is InChI=1S/C15H17F3N2OS/c1-10(2)14(3,9-19)20-13(21)8-22-12-6-4-5-11(7-12)15(16,17)18/h4-7,10H,8H2,1-3H3,(H,20,21)/t14-/m0/s1. The maximum absolute atomic E-state index is 12.6. The van der Waals surface area contributed by atoms with Crippen LogP contribution in [0.2, 0.25) is 0 Å². The van der Waals surface area contributed by atoms with Crippen LogP contribution in [0, 0.1) is 17.2 Å². The zero-order valence-corrected chi connectivity index (χ0v) is 13.3. The lowest BCUT2D eigenvalue weighted by atomic mass is 9.90. The van der Waals surface area contributed by atoms with Crippen LogP contribution in [0.1, 0.15) is 26.3 Å². The predicted octanol–water partition coefficient (Wildman–Crippen LogP) is 3.85. The third-order valence-corrected chi connectivity index (χ3v) is 4.31. The molecule has 0 aliphatic heterocycles. The molecule has 1 aromatic rings. The summed E-state index contributed by atoms with van der Waals surface area (Å²) in [6.45, 7) is 5.23. The second-order valence-corrected chi connectivity index (χ2v) is 6.38. The maximum atomic E-state index is 12.6. The number of alkyl halides is 3. The van der Waals surface area contributed by atoms with Gasteiger partial charge in [0.1, 0.15) is 5.54 Å². The molecule has 7 heteroatoms. The molecule has 1 amide bonds. The minimum Gasteiger partial charge on any atom is -0.337 e. The molecule has 22 heavy (non-hydrogen) atoms. The molecule has 1 rings (SSSR count). The third kappa shape index (κ3) is 4.95. The Bertz CT molecular complexity index is 581. The number of rotatable bonds is 5. The Morgan fingerprint density at radius 2 is 2.05 bits per heavy atom. The second-order valence-electron chi connectivity index (χ2n) is 5.33. The Morgan fingerprint density at radius 1 is 1.41 bits per heavy atom. The van der Waals surface area contributed by atoms with Gasteiger partial charge in [-0.25, -0.2) is 0 Å². The van der Waals surface area contributed by atoms with E-state index in [1.54, 1.807) is 6.92 Å². The first-order valence-electron chi connectivity index (χ1n) is 6.61. The molecule has 0 saturated carbocycles. The molecular formula is C15H17F3N2OS. The number of amides is 1. The van der Waals surface area contributed by atoms with Crippen LogP contribution in [0.3, 0.4) is 0 Å². The summed E-state index contributed by atoms with van der Waals surface area (Å²) in [7, 11) is 0. The molecule has 1 aromatic carbocycles. The summed E-state index contributed by atoms with van der Waals surface area (Å²) < 4.78 is 37.8. The van der Waals surface area contributed by atoms with Gasteiger partial charge in [-0.2, -0.15) is 18.4 Å².